The third-order valence-electron chi connectivity index (χ3n) is 5.55. The summed E-state index contributed by atoms with van der Waals surface area (Å²) >= 11 is 0. The normalized spacial score (nSPS) is 19.8. The van der Waals surface area contributed by atoms with Gasteiger partial charge >= 0.3 is 0 Å². The fourth-order valence-electron chi connectivity index (χ4n) is 4.13. The maximum Gasteiger partial charge on any atom is 0.261 e. The zero-order chi connectivity index (χ0) is 20.1. The minimum atomic E-state index is -0.435. The number of aromatic nitrogens is 5. The molecule has 148 valence electrons. The summed E-state index contributed by atoms with van der Waals surface area (Å²) in [6.45, 7) is 4.84. The highest BCUT2D eigenvalue weighted by Gasteiger charge is 2.21. The van der Waals surface area contributed by atoms with E-state index < -0.39 is 5.82 Å². The molecule has 0 spiro atoms. The average Bonchev–Trinajstić information content (AvgIpc) is 3.09. The number of halogens is 1. The molecule has 0 saturated carbocycles. The molecule has 2 unspecified atom stereocenters. The fourth-order valence-corrected chi connectivity index (χ4v) is 4.13. The maximum absolute atomic E-state index is 14.4. The van der Waals surface area contributed by atoms with Crippen molar-refractivity contribution in [1.82, 2.24) is 29.2 Å². The van der Waals surface area contributed by atoms with Crippen LogP contribution >= 0.6 is 0 Å². The van der Waals surface area contributed by atoms with E-state index in [4.69, 9.17) is 0 Å². The smallest absolute Gasteiger partial charge is 0.261 e. The minimum Gasteiger partial charge on any atom is -0.314 e. The zero-order valence-electron chi connectivity index (χ0n) is 16.3. The molecule has 1 aliphatic rings. The van der Waals surface area contributed by atoms with Crippen molar-refractivity contribution in [3.05, 3.63) is 58.8 Å². The number of pyridine rings is 2. The van der Waals surface area contributed by atoms with Gasteiger partial charge in [0.05, 0.1) is 16.6 Å². The Labute approximate surface area is 166 Å². The van der Waals surface area contributed by atoms with Crippen LogP contribution in [0.1, 0.15) is 31.5 Å². The number of imidazole rings is 1. The van der Waals surface area contributed by atoms with Crippen LogP contribution in [0.15, 0.2) is 41.7 Å². The molecule has 1 aliphatic heterocycles. The van der Waals surface area contributed by atoms with Crippen LogP contribution in [0.25, 0.3) is 27.9 Å². The lowest BCUT2D eigenvalue weighted by Gasteiger charge is -2.29. The van der Waals surface area contributed by atoms with Crippen molar-refractivity contribution in [2.24, 2.45) is 0 Å². The summed E-state index contributed by atoms with van der Waals surface area (Å²) in [6, 6.07) is 3.77. The standard InChI is InChI=1S/C21H21FN6O/c1-12-7-15(3-5-23-12)28-6-4-18-16(21(28)29)9-24-19(26-18)14-8-17(22)20-25-13(2)10-27(20)11-14/h4,6,8-12,15,23H,3,5,7H2,1-2H3. The summed E-state index contributed by atoms with van der Waals surface area (Å²) in [6.07, 6.45) is 8.68. The highest BCUT2D eigenvalue weighted by atomic mass is 19.1. The number of hydrogen-bond acceptors (Lipinski definition) is 5. The Balaban J connectivity index is 1.58. The molecule has 29 heavy (non-hydrogen) atoms. The van der Waals surface area contributed by atoms with E-state index in [1.807, 2.05) is 19.2 Å². The van der Waals surface area contributed by atoms with Crippen molar-refractivity contribution >= 4 is 16.6 Å². The van der Waals surface area contributed by atoms with E-state index >= 15 is 0 Å². The third kappa shape index (κ3) is 3.09. The predicted octanol–water partition coefficient (Wildman–Crippen LogP) is 2.87. The van der Waals surface area contributed by atoms with Crippen molar-refractivity contribution in [1.29, 1.82) is 0 Å². The largest absolute Gasteiger partial charge is 0.314 e. The summed E-state index contributed by atoms with van der Waals surface area (Å²) in [5, 5.41) is 3.88. The van der Waals surface area contributed by atoms with Gasteiger partial charge in [-0.1, -0.05) is 0 Å². The van der Waals surface area contributed by atoms with Gasteiger partial charge in [0.1, 0.15) is 0 Å². The summed E-state index contributed by atoms with van der Waals surface area (Å²) in [7, 11) is 0. The first-order valence-electron chi connectivity index (χ1n) is 9.76. The van der Waals surface area contributed by atoms with Crippen LogP contribution in [0.3, 0.4) is 0 Å². The molecular formula is C21H21FN6O. The van der Waals surface area contributed by atoms with E-state index in [0.717, 1.165) is 25.1 Å². The maximum atomic E-state index is 14.4. The van der Waals surface area contributed by atoms with Gasteiger partial charge in [-0.3, -0.25) is 4.79 Å². The Morgan fingerprint density at radius 3 is 2.97 bits per heavy atom. The van der Waals surface area contributed by atoms with Gasteiger partial charge in [0.15, 0.2) is 17.3 Å². The molecular weight excluding hydrogens is 371 g/mol. The Morgan fingerprint density at radius 1 is 1.28 bits per heavy atom. The number of aryl methyl sites for hydroxylation is 1. The second-order valence-corrected chi connectivity index (χ2v) is 7.74. The molecule has 4 aromatic heterocycles. The van der Waals surface area contributed by atoms with Gasteiger partial charge in [-0.25, -0.2) is 19.3 Å². The topological polar surface area (TPSA) is 77.1 Å². The van der Waals surface area contributed by atoms with E-state index in [1.54, 1.807) is 27.6 Å². The van der Waals surface area contributed by atoms with Gasteiger partial charge in [-0.05, 0) is 45.4 Å². The van der Waals surface area contributed by atoms with Crippen molar-refractivity contribution in [2.75, 3.05) is 6.54 Å². The lowest BCUT2D eigenvalue weighted by atomic mass is 10.00. The SMILES string of the molecule is Cc1cn2cc(-c3ncc4c(=O)n(C5CCNC(C)C5)ccc4n3)cc(F)c2n1. The van der Waals surface area contributed by atoms with Crippen molar-refractivity contribution in [3.63, 3.8) is 0 Å². The van der Waals surface area contributed by atoms with Crippen molar-refractivity contribution in [2.45, 2.75) is 38.8 Å². The van der Waals surface area contributed by atoms with Crippen molar-refractivity contribution < 1.29 is 4.39 Å². The highest BCUT2D eigenvalue weighted by molar-refractivity contribution is 5.78. The first-order valence-corrected chi connectivity index (χ1v) is 9.76. The van der Waals surface area contributed by atoms with E-state index in [2.05, 4.69) is 27.2 Å². The van der Waals surface area contributed by atoms with Crippen LogP contribution < -0.4 is 10.9 Å². The van der Waals surface area contributed by atoms with Gasteiger partial charge in [-0.15, -0.1) is 0 Å². The first kappa shape index (κ1) is 17.9. The first-order chi connectivity index (χ1) is 14.0. The summed E-state index contributed by atoms with van der Waals surface area (Å²) < 4.78 is 17.8. The summed E-state index contributed by atoms with van der Waals surface area (Å²) in [5.41, 5.74) is 2.01. The Bertz CT molecular complexity index is 1290. The van der Waals surface area contributed by atoms with Crippen LogP contribution in [0.5, 0.6) is 0 Å². The van der Waals surface area contributed by atoms with E-state index in [9.17, 15) is 9.18 Å². The van der Waals surface area contributed by atoms with Gasteiger partial charge in [0, 0.05) is 42.4 Å². The number of piperidine rings is 1. The molecule has 8 heteroatoms. The number of rotatable bonds is 2. The molecule has 1 fully saturated rings. The molecule has 1 saturated heterocycles. The molecule has 5 rings (SSSR count). The minimum absolute atomic E-state index is 0.0833. The van der Waals surface area contributed by atoms with Gasteiger partial charge in [0.25, 0.3) is 5.56 Å². The molecule has 4 aromatic rings. The number of nitrogens with one attached hydrogen (secondary N) is 1. The van der Waals surface area contributed by atoms with Gasteiger partial charge in [-0.2, -0.15) is 0 Å². The predicted molar refractivity (Wildman–Crippen MR) is 108 cm³/mol. The van der Waals surface area contributed by atoms with Crippen LogP contribution in [0, 0.1) is 12.7 Å². The molecule has 0 bridgehead atoms. The molecule has 0 radical (unpaired) electrons. The lowest BCUT2D eigenvalue weighted by Crippen LogP contribution is -2.39. The molecule has 5 heterocycles. The van der Waals surface area contributed by atoms with Crippen LogP contribution in [-0.4, -0.2) is 36.5 Å². The molecule has 0 aliphatic carbocycles. The Hall–Kier alpha value is -3.13. The van der Waals surface area contributed by atoms with E-state index in [-0.39, 0.29) is 17.2 Å². The average molecular weight is 392 g/mol. The molecule has 1 N–H and O–H groups in total. The highest BCUT2D eigenvalue weighted by Crippen LogP contribution is 2.23. The number of nitrogens with zero attached hydrogens (tertiary/aromatic N) is 5. The van der Waals surface area contributed by atoms with Crippen LogP contribution in [0.2, 0.25) is 0 Å². The number of hydrogen-bond donors (Lipinski definition) is 1. The monoisotopic (exact) mass is 392 g/mol. The Morgan fingerprint density at radius 2 is 2.14 bits per heavy atom. The van der Waals surface area contributed by atoms with E-state index in [0.29, 0.717) is 28.3 Å². The lowest BCUT2D eigenvalue weighted by molar-refractivity contribution is 0.309. The second kappa shape index (κ2) is 6.73. The van der Waals surface area contributed by atoms with Crippen LogP contribution in [0.4, 0.5) is 4.39 Å². The van der Waals surface area contributed by atoms with Crippen LogP contribution in [-0.2, 0) is 0 Å². The van der Waals surface area contributed by atoms with Crippen molar-refractivity contribution in [3.8, 4) is 11.4 Å². The molecule has 0 amide bonds. The van der Waals surface area contributed by atoms with Gasteiger partial charge in [0.2, 0.25) is 0 Å². The molecule has 0 aromatic carbocycles. The summed E-state index contributed by atoms with van der Waals surface area (Å²) in [4.78, 5) is 26.1. The third-order valence-corrected chi connectivity index (χ3v) is 5.55. The number of fused-ring (bicyclic) bond motifs is 2. The summed E-state index contributed by atoms with van der Waals surface area (Å²) in [5.74, 6) is -0.0629. The Kier molecular flexibility index (Phi) is 4.16. The quantitative estimate of drug-likeness (QED) is 0.568. The van der Waals surface area contributed by atoms with Gasteiger partial charge < -0.3 is 14.3 Å². The zero-order valence-corrected chi connectivity index (χ0v) is 16.3. The molecule has 2 atom stereocenters. The molecule has 7 nitrogen and oxygen atoms in total. The van der Waals surface area contributed by atoms with E-state index in [1.165, 1.54) is 6.07 Å². The second-order valence-electron chi connectivity index (χ2n) is 7.74. The fraction of sp³-hybridized carbons (Fsp3) is 0.333.